The molecule has 4 heterocycles. The number of para-hydroxylation sites is 1. The highest BCUT2D eigenvalue weighted by molar-refractivity contribution is 5.82. The molecule has 3 fully saturated rings. The Kier molecular flexibility index (Phi) is 4.57. The SMILES string of the molecule is C#CCOC(c1ccnc2ccccc12)C1CC2CCN1CC2C=C. The molecule has 5 atom stereocenters. The molecule has 2 bridgehead atoms. The molecule has 3 aliphatic heterocycles. The van der Waals surface area contributed by atoms with Gasteiger partial charge in [0, 0.05) is 24.2 Å². The van der Waals surface area contributed by atoms with Gasteiger partial charge in [-0.15, -0.1) is 13.0 Å². The first-order valence-corrected chi connectivity index (χ1v) is 9.07. The summed E-state index contributed by atoms with van der Waals surface area (Å²) in [6.45, 7) is 6.58. The molecule has 25 heavy (non-hydrogen) atoms. The van der Waals surface area contributed by atoms with E-state index in [-0.39, 0.29) is 6.10 Å². The Bertz CT molecular complexity index is 804. The van der Waals surface area contributed by atoms with Gasteiger partial charge in [0.2, 0.25) is 0 Å². The van der Waals surface area contributed by atoms with Gasteiger partial charge >= 0.3 is 0 Å². The maximum Gasteiger partial charge on any atom is 0.108 e. The molecule has 0 N–H and O–H groups in total. The van der Waals surface area contributed by atoms with Gasteiger partial charge in [-0.25, -0.2) is 0 Å². The lowest BCUT2D eigenvalue weighted by molar-refractivity contribution is -0.0673. The quantitative estimate of drug-likeness (QED) is 0.615. The van der Waals surface area contributed by atoms with Gasteiger partial charge in [0.15, 0.2) is 0 Å². The van der Waals surface area contributed by atoms with Crippen LogP contribution in [0.4, 0.5) is 0 Å². The standard InChI is InChI=1S/C22H24N2O/c1-3-13-25-22(19-9-11-23-20-8-6-5-7-18(19)20)21-14-17-10-12-24(21)15-16(17)4-2/h1,4-9,11,16-17,21-22H,2,10,12-15H2. The van der Waals surface area contributed by atoms with Crippen molar-refractivity contribution in [2.75, 3.05) is 19.7 Å². The molecule has 0 saturated carbocycles. The summed E-state index contributed by atoms with van der Waals surface area (Å²) in [5.41, 5.74) is 2.21. The van der Waals surface area contributed by atoms with Crippen LogP contribution in [0.2, 0.25) is 0 Å². The van der Waals surface area contributed by atoms with Gasteiger partial charge in [-0.2, -0.15) is 0 Å². The summed E-state index contributed by atoms with van der Waals surface area (Å²) >= 11 is 0. The lowest BCUT2D eigenvalue weighted by Crippen LogP contribution is -2.55. The molecule has 0 aliphatic carbocycles. The van der Waals surface area contributed by atoms with Crippen molar-refractivity contribution in [2.24, 2.45) is 11.8 Å². The van der Waals surface area contributed by atoms with Crippen LogP contribution in [-0.2, 0) is 4.74 Å². The van der Waals surface area contributed by atoms with Gasteiger partial charge < -0.3 is 4.74 Å². The van der Waals surface area contributed by atoms with Crippen molar-refractivity contribution in [3.05, 3.63) is 54.7 Å². The van der Waals surface area contributed by atoms with E-state index >= 15 is 0 Å². The summed E-state index contributed by atoms with van der Waals surface area (Å²) in [5, 5.41) is 1.16. The minimum absolute atomic E-state index is 0.0162. The summed E-state index contributed by atoms with van der Waals surface area (Å²) < 4.78 is 6.22. The Labute approximate surface area is 149 Å². The van der Waals surface area contributed by atoms with Crippen LogP contribution in [0.15, 0.2) is 49.2 Å². The highest BCUT2D eigenvalue weighted by Crippen LogP contribution is 2.43. The maximum absolute atomic E-state index is 6.22. The minimum Gasteiger partial charge on any atom is -0.359 e. The zero-order chi connectivity index (χ0) is 17.2. The highest BCUT2D eigenvalue weighted by atomic mass is 16.5. The third-order valence-corrected chi connectivity index (χ3v) is 5.84. The molecule has 3 nitrogen and oxygen atoms in total. The van der Waals surface area contributed by atoms with Crippen LogP contribution in [0.3, 0.4) is 0 Å². The van der Waals surface area contributed by atoms with E-state index in [9.17, 15) is 0 Å². The number of hydrogen-bond acceptors (Lipinski definition) is 3. The van der Waals surface area contributed by atoms with Gasteiger partial charge in [-0.05, 0) is 48.9 Å². The van der Waals surface area contributed by atoms with Crippen molar-refractivity contribution in [3.63, 3.8) is 0 Å². The van der Waals surface area contributed by atoms with Gasteiger partial charge in [0.25, 0.3) is 0 Å². The number of hydrogen-bond donors (Lipinski definition) is 0. The molecule has 3 aliphatic rings. The molecular weight excluding hydrogens is 308 g/mol. The Hall–Kier alpha value is -2.15. The molecule has 2 aromatic rings. The predicted molar refractivity (Wildman–Crippen MR) is 101 cm³/mol. The second kappa shape index (κ2) is 7.00. The summed E-state index contributed by atoms with van der Waals surface area (Å²) in [6, 6.07) is 10.7. The first kappa shape index (κ1) is 16.3. The molecule has 5 rings (SSSR count). The van der Waals surface area contributed by atoms with Crippen LogP contribution in [0.25, 0.3) is 10.9 Å². The molecule has 0 radical (unpaired) electrons. The first-order valence-electron chi connectivity index (χ1n) is 9.07. The van der Waals surface area contributed by atoms with Gasteiger partial charge in [-0.1, -0.05) is 30.2 Å². The van der Waals surface area contributed by atoms with E-state index in [2.05, 4.69) is 52.7 Å². The molecule has 3 heteroatoms. The van der Waals surface area contributed by atoms with Crippen LogP contribution in [-0.4, -0.2) is 35.6 Å². The topological polar surface area (TPSA) is 25.4 Å². The minimum atomic E-state index is -0.0162. The van der Waals surface area contributed by atoms with E-state index in [4.69, 9.17) is 11.2 Å². The number of benzene rings is 1. The van der Waals surface area contributed by atoms with Crippen molar-refractivity contribution >= 4 is 10.9 Å². The third kappa shape index (κ3) is 2.97. The average Bonchev–Trinajstić information content (AvgIpc) is 2.69. The predicted octanol–water partition coefficient (Wildman–Crippen LogP) is 3.82. The number of ether oxygens (including phenoxy) is 1. The summed E-state index contributed by atoms with van der Waals surface area (Å²) in [5.74, 6) is 3.96. The van der Waals surface area contributed by atoms with Crippen molar-refractivity contribution in [2.45, 2.75) is 25.0 Å². The maximum atomic E-state index is 6.22. The molecule has 1 aromatic heterocycles. The van der Waals surface area contributed by atoms with Crippen molar-refractivity contribution < 1.29 is 4.74 Å². The number of rotatable bonds is 5. The Balaban J connectivity index is 1.72. The summed E-state index contributed by atoms with van der Waals surface area (Å²) in [4.78, 5) is 7.07. The van der Waals surface area contributed by atoms with Gasteiger partial charge in [0.1, 0.15) is 6.61 Å². The van der Waals surface area contributed by atoms with Crippen LogP contribution in [0.5, 0.6) is 0 Å². The van der Waals surface area contributed by atoms with E-state index in [1.54, 1.807) is 0 Å². The van der Waals surface area contributed by atoms with Crippen LogP contribution < -0.4 is 0 Å². The number of pyridine rings is 1. The zero-order valence-corrected chi connectivity index (χ0v) is 14.5. The average molecular weight is 332 g/mol. The lowest BCUT2D eigenvalue weighted by atomic mass is 9.73. The number of nitrogens with zero attached hydrogens (tertiary/aromatic N) is 2. The Morgan fingerprint density at radius 1 is 1.40 bits per heavy atom. The molecule has 1 aromatic carbocycles. The Morgan fingerprint density at radius 2 is 2.28 bits per heavy atom. The fraction of sp³-hybridized carbons (Fsp3) is 0.409. The fourth-order valence-corrected chi connectivity index (χ4v) is 4.60. The number of terminal acetylenes is 1. The number of piperidine rings is 3. The van der Waals surface area contributed by atoms with Crippen LogP contribution in [0.1, 0.15) is 24.5 Å². The van der Waals surface area contributed by atoms with Crippen LogP contribution >= 0.6 is 0 Å². The smallest absolute Gasteiger partial charge is 0.108 e. The van der Waals surface area contributed by atoms with E-state index in [0.29, 0.717) is 24.5 Å². The molecular formula is C22H24N2O. The zero-order valence-electron chi connectivity index (χ0n) is 14.5. The molecule has 128 valence electrons. The number of aromatic nitrogens is 1. The monoisotopic (exact) mass is 332 g/mol. The van der Waals surface area contributed by atoms with E-state index in [0.717, 1.165) is 30.4 Å². The third-order valence-electron chi connectivity index (χ3n) is 5.84. The number of fused-ring (bicyclic) bond motifs is 4. The van der Waals surface area contributed by atoms with E-state index in [1.807, 2.05) is 12.3 Å². The van der Waals surface area contributed by atoms with E-state index < -0.39 is 0 Å². The molecule has 0 spiro atoms. The second-order valence-electron chi connectivity index (χ2n) is 7.10. The van der Waals surface area contributed by atoms with Crippen molar-refractivity contribution in [1.29, 1.82) is 0 Å². The molecule has 0 amide bonds. The van der Waals surface area contributed by atoms with Crippen LogP contribution in [0, 0.1) is 24.2 Å². The summed E-state index contributed by atoms with van der Waals surface area (Å²) in [6.07, 6.45) is 11.9. The second-order valence-corrected chi connectivity index (χ2v) is 7.10. The largest absolute Gasteiger partial charge is 0.359 e. The van der Waals surface area contributed by atoms with E-state index in [1.165, 1.54) is 12.0 Å². The Morgan fingerprint density at radius 3 is 3.04 bits per heavy atom. The van der Waals surface area contributed by atoms with Crippen molar-refractivity contribution in [1.82, 2.24) is 9.88 Å². The van der Waals surface area contributed by atoms with Gasteiger partial charge in [-0.3, -0.25) is 9.88 Å². The highest BCUT2D eigenvalue weighted by Gasteiger charge is 2.43. The molecule has 3 saturated heterocycles. The normalized spacial score (nSPS) is 29.2. The van der Waals surface area contributed by atoms with Gasteiger partial charge in [0.05, 0.1) is 11.6 Å². The van der Waals surface area contributed by atoms with Crippen molar-refractivity contribution in [3.8, 4) is 12.3 Å². The fourth-order valence-electron chi connectivity index (χ4n) is 4.60. The summed E-state index contributed by atoms with van der Waals surface area (Å²) in [7, 11) is 0. The molecule has 5 unspecified atom stereocenters. The lowest BCUT2D eigenvalue weighted by Gasteiger charge is -2.51. The first-order chi connectivity index (χ1) is 12.3.